The Labute approximate surface area is 128 Å². The van der Waals surface area contributed by atoms with Crippen molar-refractivity contribution in [1.29, 1.82) is 5.26 Å². The fourth-order valence-corrected chi connectivity index (χ4v) is 5.51. The predicted molar refractivity (Wildman–Crippen MR) is 82.2 cm³/mol. The number of carbonyl (C=O) groups is 1. The Bertz CT molecular complexity index is 443. The Kier molecular flexibility index (Phi) is 3.55. The summed E-state index contributed by atoms with van der Waals surface area (Å²) in [6, 6.07) is 2.40. The maximum absolute atomic E-state index is 12.5. The molecule has 4 fully saturated rings. The summed E-state index contributed by atoms with van der Waals surface area (Å²) in [5, 5.41) is 12.5. The summed E-state index contributed by atoms with van der Waals surface area (Å²) < 4.78 is 0. The molecule has 1 N–H and O–H groups in total. The lowest BCUT2D eigenvalue weighted by Crippen LogP contribution is -2.57. The van der Waals surface area contributed by atoms with Crippen molar-refractivity contribution in [1.82, 2.24) is 5.32 Å². The minimum absolute atomic E-state index is 0.0734. The van der Waals surface area contributed by atoms with Crippen LogP contribution < -0.4 is 5.32 Å². The van der Waals surface area contributed by atoms with E-state index in [1.165, 1.54) is 38.5 Å². The van der Waals surface area contributed by atoms with Crippen LogP contribution in [0.2, 0.25) is 0 Å². The lowest BCUT2D eigenvalue weighted by Gasteiger charge is -2.59. The summed E-state index contributed by atoms with van der Waals surface area (Å²) in [5.41, 5.74) is -0.564. The number of nitriles is 1. The van der Waals surface area contributed by atoms with E-state index in [0.29, 0.717) is 11.8 Å². The first-order valence-electron chi connectivity index (χ1n) is 8.63. The number of carbonyl (C=O) groups excluding carboxylic acids is 1. The van der Waals surface area contributed by atoms with Crippen LogP contribution in [-0.2, 0) is 4.79 Å². The fraction of sp³-hybridized carbons (Fsp3) is 0.889. The highest BCUT2D eigenvalue weighted by Crippen LogP contribution is 2.61. The molecule has 0 spiro atoms. The third-order valence-electron chi connectivity index (χ3n) is 6.81. The number of hydrogen-bond acceptors (Lipinski definition) is 2. The van der Waals surface area contributed by atoms with E-state index in [4.69, 9.17) is 0 Å². The zero-order chi connectivity index (χ0) is 15.3. The molecule has 0 aromatic rings. The van der Waals surface area contributed by atoms with Gasteiger partial charge in [-0.2, -0.15) is 5.26 Å². The molecule has 3 heteroatoms. The molecule has 0 heterocycles. The van der Waals surface area contributed by atoms with E-state index in [1.807, 2.05) is 6.92 Å². The van der Waals surface area contributed by atoms with Crippen LogP contribution in [0.1, 0.15) is 65.7 Å². The van der Waals surface area contributed by atoms with Crippen molar-refractivity contribution in [3.63, 3.8) is 0 Å². The molecular weight excluding hydrogens is 260 g/mol. The molecule has 2 unspecified atom stereocenters. The summed E-state index contributed by atoms with van der Waals surface area (Å²) in [5.74, 6) is 2.60. The monoisotopic (exact) mass is 288 g/mol. The second-order valence-electron chi connectivity index (χ2n) is 8.27. The number of rotatable bonds is 4. The molecule has 4 rings (SSSR count). The largest absolute Gasteiger partial charge is 0.352 e. The Morgan fingerprint density at radius 2 is 1.76 bits per heavy atom. The van der Waals surface area contributed by atoms with Gasteiger partial charge in [0.1, 0.15) is 5.41 Å². The maximum atomic E-state index is 12.5. The highest BCUT2D eigenvalue weighted by Gasteiger charge is 2.53. The Morgan fingerprint density at radius 1 is 1.29 bits per heavy atom. The van der Waals surface area contributed by atoms with Gasteiger partial charge >= 0.3 is 0 Å². The van der Waals surface area contributed by atoms with E-state index in [9.17, 15) is 10.1 Å². The van der Waals surface area contributed by atoms with Gasteiger partial charge in [-0.3, -0.25) is 4.79 Å². The highest BCUT2D eigenvalue weighted by atomic mass is 16.2. The first-order chi connectivity index (χ1) is 9.90. The number of amides is 1. The quantitative estimate of drug-likeness (QED) is 0.858. The van der Waals surface area contributed by atoms with E-state index in [-0.39, 0.29) is 11.9 Å². The van der Waals surface area contributed by atoms with Gasteiger partial charge in [-0.1, -0.05) is 6.92 Å². The average Bonchev–Trinajstić information content (AvgIpc) is 2.44. The molecule has 0 saturated heterocycles. The summed E-state index contributed by atoms with van der Waals surface area (Å²) in [6.45, 7) is 5.85. The van der Waals surface area contributed by atoms with Crippen LogP contribution in [0.25, 0.3) is 0 Å². The van der Waals surface area contributed by atoms with Crippen LogP contribution in [0.15, 0.2) is 0 Å². The lowest BCUT2D eigenvalue weighted by molar-refractivity contribution is -0.132. The van der Waals surface area contributed by atoms with Gasteiger partial charge in [0.2, 0.25) is 5.91 Å². The SMILES string of the molecule is CCC(C)(C#N)C(=O)NC(C)C12CC3CC(CC(C3)C1)C2. The van der Waals surface area contributed by atoms with Gasteiger partial charge in [0.25, 0.3) is 0 Å². The molecule has 0 aromatic carbocycles. The van der Waals surface area contributed by atoms with Crippen molar-refractivity contribution in [2.75, 3.05) is 0 Å². The van der Waals surface area contributed by atoms with Gasteiger partial charge in [0.15, 0.2) is 0 Å². The molecule has 21 heavy (non-hydrogen) atoms. The molecule has 116 valence electrons. The van der Waals surface area contributed by atoms with Crippen molar-refractivity contribution in [2.45, 2.75) is 71.8 Å². The normalized spacial score (nSPS) is 41.1. The number of nitrogens with one attached hydrogen (secondary N) is 1. The van der Waals surface area contributed by atoms with Crippen LogP contribution in [-0.4, -0.2) is 11.9 Å². The molecule has 0 radical (unpaired) electrons. The molecule has 4 aliphatic carbocycles. The van der Waals surface area contributed by atoms with E-state index >= 15 is 0 Å². The zero-order valence-corrected chi connectivity index (χ0v) is 13.6. The predicted octanol–water partition coefficient (Wildman–Crippen LogP) is 3.65. The summed E-state index contributed by atoms with van der Waals surface area (Å²) >= 11 is 0. The van der Waals surface area contributed by atoms with Crippen molar-refractivity contribution < 1.29 is 4.79 Å². The summed E-state index contributed by atoms with van der Waals surface area (Å²) in [4.78, 5) is 12.5. The minimum Gasteiger partial charge on any atom is -0.352 e. The van der Waals surface area contributed by atoms with Crippen molar-refractivity contribution in [2.24, 2.45) is 28.6 Å². The third kappa shape index (κ3) is 2.37. The Morgan fingerprint density at radius 3 is 2.14 bits per heavy atom. The molecule has 2 atom stereocenters. The number of nitrogens with zero attached hydrogens (tertiary/aromatic N) is 1. The van der Waals surface area contributed by atoms with Crippen LogP contribution in [0, 0.1) is 39.9 Å². The van der Waals surface area contributed by atoms with Crippen molar-refractivity contribution in [3.8, 4) is 6.07 Å². The molecule has 4 saturated carbocycles. The van der Waals surface area contributed by atoms with Crippen molar-refractivity contribution in [3.05, 3.63) is 0 Å². The molecule has 0 aliphatic heterocycles. The smallest absolute Gasteiger partial charge is 0.240 e. The van der Waals surface area contributed by atoms with E-state index < -0.39 is 5.41 Å². The van der Waals surface area contributed by atoms with E-state index in [1.54, 1.807) is 6.92 Å². The standard InChI is InChI=1S/C18H28N2O/c1-4-17(3,11-19)16(21)20-12(2)18-8-13-5-14(9-18)7-15(6-13)10-18/h12-15H,4-10H2,1-3H3,(H,20,21). The molecular formula is C18H28N2O. The molecule has 3 nitrogen and oxygen atoms in total. The zero-order valence-electron chi connectivity index (χ0n) is 13.6. The summed E-state index contributed by atoms with van der Waals surface area (Å²) in [6.07, 6.45) is 8.70. The second kappa shape index (κ2) is 5.00. The topological polar surface area (TPSA) is 52.9 Å². The van der Waals surface area contributed by atoms with Gasteiger partial charge in [0.05, 0.1) is 6.07 Å². The molecule has 0 aromatic heterocycles. The van der Waals surface area contributed by atoms with Gasteiger partial charge in [-0.05, 0) is 82.0 Å². The average molecular weight is 288 g/mol. The number of hydrogen-bond donors (Lipinski definition) is 1. The third-order valence-corrected chi connectivity index (χ3v) is 6.81. The fourth-order valence-electron chi connectivity index (χ4n) is 5.51. The van der Waals surface area contributed by atoms with Gasteiger partial charge in [-0.15, -0.1) is 0 Å². The van der Waals surface area contributed by atoms with Crippen LogP contribution in [0.4, 0.5) is 0 Å². The minimum atomic E-state index is -0.878. The van der Waals surface area contributed by atoms with Crippen molar-refractivity contribution >= 4 is 5.91 Å². The Hall–Kier alpha value is -1.04. The van der Waals surface area contributed by atoms with Gasteiger partial charge < -0.3 is 5.32 Å². The first kappa shape index (κ1) is 14.9. The van der Waals surface area contributed by atoms with Crippen LogP contribution in [0.5, 0.6) is 0 Å². The second-order valence-corrected chi connectivity index (χ2v) is 8.27. The highest BCUT2D eigenvalue weighted by molar-refractivity contribution is 5.85. The van der Waals surface area contributed by atoms with Crippen LogP contribution >= 0.6 is 0 Å². The van der Waals surface area contributed by atoms with Gasteiger partial charge in [0, 0.05) is 6.04 Å². The summed E-state index contributed by atoms with van der Waals surface area (Å²) in [7, 11) is 0. The van der Waals surface area contributed by atoms with E-state index in [2.05, 4.69) is 18.3 Å². The maximum Gasteiger partial charge on any atom is 0.240 e. The van der Waals surface area contributed by atoms with Gasteiger partial charge in [-0.25, -0.2) is 0 Å². The molecule has 1 amide bonds. The first-order valence-corrected chi connectivity index (χ1v) is 8.63. The molecule has 4 aliphatic rings. The molecule has 4 bridgehead atoms. The van der Waals surface area contributed by atoms with E-state index in [0.717, 1.165) is 17.8 Å². The Balaban J connectivity index is 1.73. The van der Waals surface area contributed by atoms with Crippen LogP contribution in [0.3, 0.4) is 0 Å². The lowest BCUT2D eigenvalue weighted by atomic mass is 9.48.